The number of halogens is 2. The molecule has 0 bridgehead atoms. The van der Waals surface area contributed by atoms with E-state index in [1.165, 1.54) is 7.11 Å². The molecule has 0 N–H and O–H groups in total. The van der Waals surface area contributed by atoms with Gasteiger partial charge in [0.05, 0.1) is 12.7 Å². The van der Waals surface area contributed by atoms with Gasteiger partial charge in [0.1, 0.15) is 0 Å². The molecule has 0 aliphatic heterocycles. The number of carbonyl (C=O) groups excluding carboxylic acids is 1. The summed E-state index contributed by atoms with van der Waals surface area (Å²) < 4.78 is 6.50. The molecule has 2 nitrogen and oxygen atoms in total. The fourth-order valence-electron chi connectivity index (χ4n) is 1.000. The van der Waals surface area contributed by atoms with Gasteiger partial charge in [-0.25, -0.2) is 4.79 Å². The Morgan fingerprint density at radius 1 is 1.54 bits per heavy atom. The lowest BCUT2D eigenvalue weighted by Gasteiger charge is -2.07. The van der Waals surface area contributed by atoms with Crippen LogP contribution in [0.4, 0.5) is 0 Å². The molecule has 0 saturated carbocycles. The van der Waals surface area contributed by atoms with Crippen molar-refractivity contribution in [3.63, 3.8) is 0 Å². The van der Waals surface area contributed by atoms with Gasteiger partial charge in [-0.05, 0) is 57.1 Å². The Labute approximate surface area is 98.9 Å². The summed E-state index contributed by atoms with van der Waals surface area (Å²) in [4.78, 5) is 11.4. The van der Waals surface area contributed by atoms with Crippen molar-refractivity contribution >= 4 is 44.5 Å². The Hall–Kier alpha value is -0.100. The third-order valence-electron chi connectivity index (χ3n) is 1.69. The summed E-state index contributed by atoms with van der Waals surface area (Å²) in [6.07, 6.45) is 0. The number of carbonyl (C=O) groups is 1. The summed E-state index contributed by atoms with van der Waals surface area (Å²) in [6, 6.07) is 3.81. The second-order valence-electron chi connectivity index (χ2n) is 2.54. The second kappa shape index (κ2) is 4.41. The fourth-order valence-corrected chi connectivity index (χ4v) is 2.16. The molecular weight excluding hydrogens is 347 g/mol. The lowest BCUT2D eigenvalue weighted by atomic mass is 10.1. The minimum Gasteiger partial charge on any atom is -0.465 e. The third kappa shape index (κ3) is 2.22. The van der Waals surface area contributed by atoms with E-state index in [0.29, 0.717) is 5.56 Å². The van der Waals surface area contributed by atoms with Gasteiger partial charge in [0.15, 0.2) is 0 Å². The molecule has 0 heterocycles. The average molecular weight is 355 g/mol. The highest BCUT2D eigenvalue weighted by Gasteiger charge is 2.15. The van der Waals surface area contributed by atoms with Gasteiger partial charge >= 0.3 is 5.97 Å². The molecule has 0 unspecified atom stereocenters. The van der Waals surface area contributed by atoms with E-state index in [9.17, 15) is 4.79 Å². The molecule has 1 aromatic carbocycles. The van der Waals surface area contributed by atoms with E-state index in [1.54, 1.807) is 0 Å². The highest BCUT2D eigenvalue weighted by atomic mass is 127. The van der Waals surface area contributed by atoms with Crippen LogP contribution in [0.3, 0.4) is 0 Å². The number of hydrogen-bond acceptors (Lipinski definition) is 2. The van der Waals surface area contributed by atoms with Crippen molar-refractivity contribution < 1.29 is 9.53 Å². The van der Waals surface area contributed by atoms with Gasteiger partial charge in [0, 0.05) is 8.04 Å². The van der Waals surface area contributed by atoms with Crippen molar-refractivity contribution in [2.45, 2.75) is 6.92 Å². The smallest absolute Gasteiger partial charge is 0.339 e. The van der Waals surface area contributed by atoms with E-state index < -0.39 is 0 Å². The Kier molecular flexibility index (Phi) is 3.73. The van der Waals surface area contributed by atoms with E-state index in [0.717, 1.165) is 13.6 Å². The Balaban J connectivity index is 3.33. The number of esters is 1. The number of methoxy groups -OCH3 is 1. The van der Waals surface area contributed by atoms with E-state index >= 15 is 0 Å². The molecule has 0 spiro atoms. The van der Waals surface area contributed by atoms with Crippen molar-refractivity contribution in [3.8, 4) is 0 Å². The molecule has 4 heteroatoms. The largest absolute Gasteiger partial charge is 0.465 e. The number of aryl methyl sites for hydroxylation is 1. The number of hydrogen-bond donors (Lipinski definition) is 0. The van der Waals surface area contributed by atoms with E-state index in [1.807, 2.05) is 19.1 Å². The van der Waals surface area contributed by atoms with Gasteiger partial charge in [-0.15, -0.1) is 0 Å². The number of benzene rings is 1. The van der Waals surface area contributed by atoms with Crippen molar-refractivity contribution in [1.82, 2.24) is 0 Å². The van der Waals surface area contributed by atoms with Crippen molar-refractivity contribution in [3.05, 3.63) is 31.3 Å². The van der Waals surface area contributed by atoms with Crippen LogP contribution in [-0.2, 0) is 4.74 Å². The summed E-state index contributed by atoms with van der Waals surface area (Å²) in [6.45, 7) is 1.89. The zero-order valence-corrected chi connectivity index (χ0v) is 11.0. The lowest BCUT2D eigenvalue weighted by molar-refractivity contribution is 0.0598. The van der Waals surface area contributed by atoms with Gasteiger partial charge in [0.2, 0.25) is 0 Å². The first-order valence-corrected chi connectivity index (χ1v) is 5.48. The summed E-state index contributed by atoms with van der Waals surface area (Å²) in [5.74, 6) is -0.289. The van der Waals surface area contributed by atoms with E-state index in [-0.39, 0.29) is 5.97 Å². The minimum absolute atomic E-state index is 0.289. The SMILES string of the molecule is COC(=O)c1c(C)ccc(Br)c1I. The highest BCUT2D eigenvalue weighted by molar-refractivity contribution is 14.1. The maximum absolute atomic E-state index is 11.4. The Bertz CT molecular complexity index is 350. The van der Waals surface area contributed by atoms with Crippen LogP contribution in [0.15, 0.2) is 16.6 Å². The third-order valence-corrected chi connectivity index (χ3v) is 4.22. The Morgan fingerprint density at radius 3 is 2.69 bits per heavy atom. The van der Waals surface area contributed by atoms with Crippen molar-refractivity contribution in [2.24, 2.45) is 0 Å². The average Bonchev–Trinajstić information content (AvgIpc) is 2.12. The van der Waals surface area contributed by atoms with Gasteiger partial charge < -0.3 is 4.74 Å². The summed E-state index contributed by atoms with van der Waals surface area (Å²) in [5, 5.41) is 0. The zero-order valence-electron chi connectivity index (χ0n) is 7.23. The first kappa shape index (κ1) is 11.0. The van der Waals surface area contributed by atoms with Gasteiger partial charge in [0.25, 0.3) is 0 Å². The van der Waals surface area contributed by atoms with E-state index in [2.05, 4.69) is 43.3 Å². The molecule has 13 heavy (non-hydrogen) atoms. The van der Waals surface area contributed by atoms with E-state index in [4.69, 9.17) is 0 Å². The first-order chi connectivity index (χ1) is 6.07. The molecule has 0 aromatic heterocycles. The molecule has 0 amide bonds. The van der Waals surface area contributed by atoms with Crippen LogP contribution in [0.2, 0.25) is 0 Å². The molecule has 1 aromatic rings. The predicted molar refractivity (Wildman–Crippen MR) is 62.9 cm³/mol. The van der Waals surface area contributed by atoms with Crippen LogP contribution in [0.5, 0.6) is 0 Å². The lowest BCUT2D eigenvalue weighted by Crippen LogP contribution is -2.06. The molecule has 0 aliphatic rings. The minimum atomic E-state index is -0.289. The predicted octanol–water partition coefficient (Wildman–Crippen LogP) is 3.15. The van der Waals surface area contributed by atoms with Crippen LogP contribution < -0.4 is 0 Å². The molecule has 70 valence electrons. The topological polar surface area (TPSA) is 26.3 Å². The van der Waals surface area contributed by atoms with Crippen LogP contribution in [0.25, 0.3) is 0 Å². The van der Waals surface area contributed by atoms with Gasteiger partial charge in [-0.1, -0.05) is 6.07 Å². The number of ether oxygens (including phenoxy) is 1. The first-order valence-electron chi connectivity index (χ1n) is 3.61. The molecule has 0 atom stereocenters. The van der Waals surface area contributed by atoms with Gasteiger partial charge in [-0.3, -0.25) is 0 Å². The fraction of sp³-hybridized carbons (Fsp3) is 0.222. The standard InChI is InChI=1S/C9H8BrIO2/c1-5-3-4-6(10)8(11)7(5)9(12)13-2/h3-4H,1-2H3. The summed E-state index contributed by atoms with van der Waals surface area (Å²) >= 11 is 5.48. The summed E-state index contributed by atoms with van der Waals surface area (Å²) in [5.41, 5.74) is 1.57. The van der Waals surface area contributed by atoms with Crippen molar-refractivity contribution in [1.29, 1.82) is 0 Å². The number of rotatable bonds is 1. The molecule has 0 aliphatic carbocycles. The van der Waals surface area contributed by atoms with Crippen LogP contribution in [-0.4, -0.2) is 13.1 Å². The second-order valence-corrected chi connectivity index (χ2v) is 4.48. The monoisotopic (exact) mass is 354 g/mol. The summed E-state index contributed by atoms with van der Waals surface area (Å²) in [7, 11) is 1.39. The quantitative estimate of drug-likeness (QED) is 0.572. The van der Waals surface area contributed by atoms with Crippen molar-refractivity contribution in [2.75, 3.05) is 7.11 Å². The van der Waals surface area contributed by atoms with Gasteiger partial charge in [-0.2, -0.15) is 0 Å². The molecule has 0 fully saturated rings. The molecular formula is C9H8BrIO2. The van der Waals surface area contributed by atoms with Crippen LogP contribution >= 0.6 is 38.5 Å². The highest BCUT2D eigenvalue weighted by Crippen LogP contribution is 2.25. The zero-order chi connectivity index (χ0) is 10.0. The Morgan fingerprint density at radius 2 is 2.15 bits per heavy atom. The normalized spacial score (nSPS) is 9.85. The molecule has 0 radical (unpaired) electrons. The molecule has 1 rings (SSSR count). The molecule has 0 saturated heterocycles. The van der Waals surface area contributed by atoms with Crippen LogP contribution in [0.1, 0.15) is 15.9 Å². The van der Waals surface area contributed by atoms with Crippen LogP contribution in [0, 0.1) is 10.5 Å². The maximum atomic E-state index is 11.4. The maximum Gasteiger partial charge on any atom is 0.339 e.